The normalized spacial score (nSPS) is 11.2. The zero-order chi connectivity index (χ0) is 17.1. The molecule has 2 heterocycles. The Hall–Kier alpha value is -3.12. The summed E-state index contributed by atoms with van der Waals surface area (Å²) in [5.41, 5.74) is 3.69. The number of fused-ring (bicyclic) bond motifs is 1. The maximum atomic E-state index is 11.9. The molecule has 0 amide bonds. The van der Waals surface area contributed by atoms with Crippen molar-refractivity contribution in [1.29, 1.82) is 0 Å². The Morgan fingerprint density at radius 3 is 2.76 bits per heavy atom. The van der Waals surface area contributed by atoms with Crippen LogP contribution >= 0.6 is 0 Å². The van der Waals surface area contributed by atoms with Crippen LogP contribution in [-0.4, -0.2) is 16.8 Å². The van der Waals surface area contributed by atoms with E-state index >= 15 is 0 Å². The van der Waals surface area contributed by atoms with E-state index in [9.17, 15) is 5.11 Å². The van der Waals surface area contributed by atoms with E-state index in [0.717, 1.165) is 24.2 Å². The molecule has 0 aliphatic rings. The van der Waals surface area contributed by atoms with Gasteiger partial charge in [0.05, 0.1) is 11.8 Å². The monoisotopic (exact) mass is 334 g/mol. The number of H-pyrrole nitrogens is 1. The Morgan fingerprint density at radius 2 is 1.88 bits per heavy atom. The smallest absolute Gasteiger partial charge is 0.253 e. The zero-order valence-corrected chi connectivity index (χ0v) is 13.6. The highest BCUT2D eigenvalue weighted by atomic mass is 16.6. The number of nitrogens with one attached hydrogen (secondary N) is 2. The largest absolute Gasteiger partial charge is 0.539 e. The first-order valence-electron chi connectivity index (χ1n) is 8.22. The van der Waals surface area contributed by atoms with Crippen LogP contribution in [-0.2, 0) is 13.0 Å². The molecule has 2 aromatic carbocycles. The van der Waals surface area contributed by atoms with Gasteiger partial charge in [-0.25, -0.2) is 0 Å². The lowest BCUT2D eigenvalue weighted by atomic mass is 10.1. The molecule has 0 unspecified atom stereocenters. The Labute approximate surface area is 144 Å². The Bertz CT molecular complexity index is 975. The van der Waals surface area contributed by atoms with Crippen LogP contribution in [0, 0.1) is 0 Å². The van der Waals surface area contributed by atoms with Crippen molar-refractivity contribution in [2.45, 2.75) is 13.0 Å². The van der Waals surface area contributed by atoms with Crippen molar-refractivity contribution >= 4 is 10.9 Å². The van der Waals surface area contributed by atoms with Gasteiger partial charge in [0, 0.05) is 29.2 Å². The fourth-order valence-electron chi connectivity index (χ4n) is 2.95. The molecule has 25 heavy (non-hydrogen) atoms. The van der Waals surface area contributed by atoms with E-state index in [2.05, 4.69) is 27.7 Å². The van der Waals surface area contributed by atoms with Gasteiger partial charge in [0.15, 0.2) is 5.95 Å². The first-order chi connectivity index (χ1) is 12.3. The molecule has 0 spiro atoms. The standard InChI is InChI=1S/C19H18N4O2/c24-19-18(23(22-25-19)15-6-2-1-3-7-15)13-20-11-10-14-12-21-17-9-5-4-8-16(14)17/h1-9,12,20-21H,10-11,13H2. The van der Waals surface area contributed by atoms with Crippen LogP contribution in [0.3, 0.4) is 0 Å². The van der Waals surface area contributed by atoms with Crippen molar-refractivity contribution in [3.8, 4) is 11.6 Å². The Kier molecular flexibility index (Phi) is 4.18. The van der Waals surface area contributed by atoms with Gasteiger partial charge in [0.25, 0.3) is 5.69 Å². The van der Waals surface area contributed by atoms with Crippen molar-refractivity contribution in [3.63, 3.8) is 0 Å². The summed E-state index contributed by atoms with van der Waals surface area (Å²) >= 11 is 0. The minimum Gasteiger partial charge on any atom is -0.539 e. The van der Waals surface area contributed by atoms with Crippen LogP contribution in [0.15, 0.2) is 65.3 Å². The molecule has 0 saturated heterocycles. The van der Waals surface area contributed by atoms with Gasteiger partial charge in [-0.15, -0.1) is 0 Å². The van der Waals surface area contributed by atoms with Crippen LogP contribution < -0.4 is 15.1 Å². The number of para-hydroxylation sites is 2. The van der Waals surface area contributed by atoms with Crippen molar-refractivity contribution in [2.24, 2.45) is 0 Å². The van der Waals surface area contributed by atoms with Gasteiger partial charge in [0.1, 0.15) is 0 Å². The second-order valence-corrected chi connectivity index (χ2v) is 5.84. The van der Waals surface area contributed by atoms with Gasteiger partial charge in [0.2, 0.25) is 5.69 Å². The topological polar surface area (TPSA) is 80.8 Å². The predicted octanol–water partition coefficient (Wildman–Crippen LogP) is 1.84. The highest BCUT2D eigenvalue weighted by Crippen LogP contribution is 2.17. The van der Waals surface area contributed by atoms with Crippen molar-refractivity contribution in [3.05, 3.63) is 72.1 Å². The summed E-state index contributed by atoms with van der Waals surface area (Å²) in [6.45, 7) is 1.15. The fraction of sp³-hybridized carbons (Fsp3) is 0.158. The predicted molar refractivity (Wildman–Crippen MR) is 91.2 cm³/mol. The Balaban J connectivity index is 1.42. The number of hydrogen-bond donors (Lipinski definition) is 2. The van der Waals surface area contributed by atoms with Crippen LogP contribution in [0.5, 0.6) is 5.95 Å². The lowest BCUT2D eigenvalue weighted by Gasteiger charge is -2.03. The van der Waals surface area contributed by atoms with E-state index in [-0.39, 0.29) is 0 Å². The molecule has 4 aromatic rings. The summed E-state index contributed by atoms with van der Waals surface area (Å²) in [5, 5.41) is 20.3. The Morgan fingerprint density at radius 1 is 1.08 bits per heavy atom. The van der Waals surface area contributed by atoms with Crippen molar-refractivity contribution in [2.75, 3.05) is 6.54 Å². The van der Waals surface area contributed by atoms with E-state index < -0.39 is 5.95 Å². The molecule has 0 radical (unpaired) electrons. The first-order valence-corrected chi connectivity index (χ1v) is 8.22. The molecule has 0 atom stereocenters. The third-order valence-corrected chi connectivity index (χ3v) is 4.24. The van der Waals surface area contributed by atoms with E-state index in [4.69, 9.17) is 4.52 Å². The summed E-state index contributed by atoms with van der Waals surface area (Å²) in [7, 11) is 0. The van der Waals surface area contributed by atoms with Crippen LogP contribution in [0.25, 0.3) is 16.6 Å². The first kappa shape index (κ1) is 15.4. The van der Waals surface area contributed by atoms with Gasteiger partial charge in [-0.05, 0) is 29.3 Å². The second kappa shape index (κ2) is 6.78. The summed E-state index contributed by atoms with van der Waals surface area (Å²) < 4.78 is 6.37. The molecule has 6 nitrogen and oxygen atoms in total. The van der Waals surface area contributed by atoms with Crippen LogP contribution in [0.4, 0.5) is 0 Å². The summed E-state index contributed by atoms with van der Waals surface area (Å²) in [4.78, 5) is 3.28. The van der Waals surface area contributed by atoms with E-state index in [1.165, 1.54) is 10.9 Å². The van der Waals surface area contributed by atoms with E-state index in [1.54, 1.807) is 4.68 Å². The molecule has 126 valence electrons. The highest BCUT2D eigenvalue weighted by Gasteiger charge is 2.19. The summed E-state index contributed by atoms with van der Waals surface area (Å²) in [5.74, 6) is -0.413. The number of aromatic nitrogens is 3. The maximum absolute atomic E-state index is 11.9. The number of nitrogens with zero attached hydrogens (tertiary/aromatic N) is 2. The molecule has 0 bridgehead atoms. The van der Waals surface area contributed by atoms with Crippen LogP contribution in [0.2, 0.25) is 0 Å². The SMILES string of the molecule is [O-]c1on[n+](-c2ccccc2)c1CNCCc1c[nH]c2ccccc12. The average Bonchev–Trinajstić information content (AvgIpc) is 3.23. The quantitative estimate of drug-likeness (QED) is 0.416. The van der Waals surface area contributed by atoms with Gasteiger partial charge >= 0.3 is 0 Å². The molecule has 6 heteroatoms. The van der Waals surface area contributed by atoms with Crippen LogP contribution in [0.1, 0.15) is 11.3 Å². The minimum absolute atomic E-state index is 0.402. The van der Waals surface area contributed by atoms with Gasteiger partial charge < -0.3 is 19.9 Å². The molecular weight excluding hydrogens is 316 g/mol. The highest BCUT2D eigenvalue weighted by molar-refractivity contribution is 5.83. The number of rotatable bonds is 6. The second-order valence-electron chi connectivity index (χ2n) is 5.84. The third kappa shape index (κ3) is 3.12. The van der Waals surface area contributed by atoms with Crippen molar-refractivity contribution in [1.82, 2.24) is 15.6 Å². The molecule has 0 aliphatic heterocycles. The molecule has 2 N–H and O–H groups in total. The van der Waals surface area contributed by atoms with Gasteiger partial charge in [-0.2, -0.15) is 0 Å². The molecule has 4 rings (SSSR count). The zero-order valence-electron chi connectivity index (χ0n) is 13.6. The van der Waals surface area contributed by atoms with Crippen molar-refractivity contribution < 1.29 is 14.3 Å². The molecule has 0 fully saturated rings. The molecular formula is C19H18N4O2. The van der Waals surface area contributed by atoms with E-state index in [0.29, 0.717) is 12.2 Å². The average molecular weight is 334 g/mol. The summed E-state index contributed by atoms with van der Waals surface area (Å²) in [6, 6.07) is 17.7. The lowest BCUT2D eigenvalue weighted by Crippen LogP contribution is -2.39. The maximum Gasteiger partial charge on any atom is 0.253 e. The van der Waals surface area contributed by atoms with Gasteiger partial charge in [-0.3, -0.25) is 0 Å². The number of benzene rings is 2. The fourth-order valence-corrected chi connectivity index (χ4v) is 2.95. The van der Waals surface area contributed by atoms with Gasteiger partial charge in [-0.1, -0.05) is 36.4 Å². The molecule has 0 saturated carbocycles. The minimum atomic E-state index is -0.413. The lowest BCUT2D eigenvalue weighted by molar-refractivity contribution is -0.677. The molecule has 0 aliphatic carbocycles. The summed E-state index contributed by atoms with van der Waals surface area (Å²) in [6.07, 6.45) is 2.91. The number of hydrogen-bond acceptors (Lipinski definition) is 4. The number of aromatic amines is 1. The third-order valence-electron chi connectivity index (χ3n) is 4.24. The molecule has 2 aromatic heterocycles. The van der Waals surface area contributed by atoms with E-state index in [1.807, 2.05) is 48.7 Å².